The highest BCUT2D eigenvalue weighted by molar-refractivity contribution is 5.99. The minimum atomic E-state index is -0.931. The predicted molar refractivity (Wildman–Crippen MR) is 151 cm³/mol. The Bertz CT molecular complexity index is 1380. The van der Waals surface area contributed by atoms with Crippen LogP contribution in [0.5, 0.6) is 17.2 Å². The molecule has 0 spiro atoms. The normalized spacial score (nSPS) is 11.3. The molecule has 0 aromatic heterocycles. The number of hydrogen-bond donors (Lipinski definition) is 1. The molecule has 1 unspecified atom stereocenters. The third kappa shape index (κ3) is 6.96. The fourth-order valence-electron chi connectivity index (χ4n) is 4.34. The van der Waals surface area contributed by atoms with Crippen LogP contribution >= 0.6 is 0 Å². The van der Waals surface area contributed by atoms with Crippen molar-refractivity contribution >= 4 is 17.5 Å². The van der Waals surface area contributed by atoms with Crippen molar-refractivity contribution in [3.8, 4) is 17.2 Å². The van der Waals surface area contributed by atoms with Gasteiger partial charge in [-0.2, -0.15) is 0 Å². The number of ether oxygens (including phenoxy) is 3. The van der Waals surface area contributed by atoms with Gasteiger partial charge in [-0.25, -0.2) is 0 Å². The van der Waals surface area contributed by atoms with Crippen LogP contribution in [-0.4, -0.2) is 38.0 Å². The zero-order valence-electron chi connectivity index (χ0n) is 22.3. The smallest absolute Gasteiger partial charge is 0.251 e. The average Bonchev–Trinajstić information content (AvgIpc) is 2.98. The van der Waals surface area contributed by atoms with Crippen molar-refractivity contribution in [3.05, 3.63) is 120 Å². The van der Waals surface area contributed by atoms with Crippen LogP contribution in [0.1, 0.15) is 22.7 Å². The molecule has 200 valence electrons. The Kier molecular flexibility index (Phi) is 9.19. The van der Waals surface area contributed by atoms with E-state index < -0.39 is 6.04 Å². The number of benzene rings is 4. The second-order valence-electron chi connectivity index (χ2n) is 8.90. The van der Waals surface area contributed by atoms with Gasteiger partial charge in [-0.3, -0.25) is 9.59 Å². The quantitative estimate of drug-likeness (QED) is 0.274. The Morgan fingerprint density at radius 2 is 1.31 bits per heavy atom. The van der Waals surface area contributed by atoms with Gasteiger partial charge in [0.25, 0.3) is 5.91 Å². The van der Waals surface area contributed by atoms with Crippen LogP contribution in [-0.2, 0) is 22.6 Å². The van der Waals surface area contributed by atoms with E-state index in [9.17, 15) is 9.59 Å². The first-order valence-electron chi connectivity index (χ1n) is 12.6. The molecule has 4 aromatic carbocycles. The van der Waals surface area contributed by atoms with Crippen molar-refractivity contribution < 1.29 is 23.8 Å². The van der Waals surface area contributed by atoms with Crippen molar-refractivity contribution in [3.63, 3.8) is 0 Å². The van der Waals surface area contributed by atoms with Crippen molar-refractivity contribution in [2.75, 3.05) is 26.6 Å². The molecule has 7 heteroatoms. The van der Waals surface area contributed by atoms with Gasteiger partial charge in [0, 0.05) is 12.6 Å². The lowest BCUT2D eigenvalue weighted by Crippen LogP contribution is -2.41. The molecule has 0 fully saturated rings. The number of hydrogen-bond acceptors (Lipinski definition) is 5. The number of carbonyl (C=O) groups excluding carboxylic acids is 2. The fourth-order valence-corrected chi connectivity index (χ4v) is 4.34. The van der Waals surface area contributed by atoms with Gasteiger partial charge in [-0.05, 0) is 41.0 Å². The first kappa shape index (κ1) is 27.3. The highest BCUT2D eigenvalue weighted by Crippen LogP contribution is 2.32. The molecule has 1 N–H and O–H groups in total. The molecule has 39 heavy (non-hydrogen) atoms. The van der Waals surface area contributed by atoms with Crippen LogP contribution in [0.25, 0.3) is 0 Å². The van der Waals surface area contributed by atoms with E-state index in [1.54, 1.807) is 49.5 Å². The first-order chi connectivity index (χ1) is 19.0. The van der Waals surface area contributed by atoms with E-state index in [1.165, 1.54) is 7.11 Å². The molecule has 0 saturated heterocycles. The molecular formula is C32H32N2O5. The molecule has 0 saturated carbocycles. The zero-order chi connectivity index (χ0) is 27.6. The van der Waals surface area contributed by atoms with Gasteiger partial charge in [0.2, 0.25) is 5.91 Å². The molecular weight excluding hydrogens is 492 g/mol. The second kappa shape index (κ2) is 13.1. The number of anilines is 1. The summed E-state index contributed by atoms with van der Waals surface area (Å²) in [6.45, 7) is 0.246. The lowest BCUT2D eigenvalue weighted by molar-refractivity contribution is -0.139. The van der Waals surface area contributed by atoms with Crippen molar-refractivity contribution in [1.29, 1.82) is 0 Å². The number of carbonyl (C=O) groups is 2. The highest BCUT2D eigenvalue weighted by atomic mass is 16.5. The molecule has 4 aromatic rings. The maximum Gasteiger partial charge on any atom is 0.251 e. The summed E-state index contributed by atoms with van der Waals surface area (Å²) in [5.74, 6) is 1.14. The van der Waals surface area contributed by atoms with Crippen LogP contribution in [0, 0.1) is 0 Å². The second-order valence-corrected chi connectivity index (χ2v) is 8.90. The molecule has 0 aliphatic carbocycles. The molecule has 0 radical (unpaired) electrons. The van der Waals surface area contributed by atoms with Gasteiger partial charge >= 0.3 is 0 Å². The lowest BCUT2D eigenvalue weighted by Gasteiger charge is -2.32. The Labute approximate surface area is 228 Å². The average molecular weight is 525 g/mol. The molecule has 0 heterocycles. The van der Waals surface area contributed by atoms with E-state index in [0.717, 1.165) is 11.1 Å². The molecule has 2 amide bonds. The van der Waals surface area contributed by atoms with E-state index in [2.05, 4.69) is 5.32 Å². The summed E-state index contributed by atoms with van der Waals surface area (Å²) in [6.07, 6.45) is 0.152. The van der Waals surface area contributed by atoms with Crippen LogP contribution in [0.4, 0.5) is 5.69 Å². The Morgan fingerprint density at radius 1 is 0.718 bits per heavy atom. The van der Waals surface area contributed by atoms with Gasteiger partial charge in [0.05, 0.1) is 33.4 Å². The summed E-state index contributed by atoms with van der Waals surface area (Å²) in [6, 6.07) is 30.6. The summed E-state index contributed by atoms with van der Waals surface area (Å²) >= 11 is 0. The Hall–Kier alpha value is -4.78. The van der Waals surface area contributed by atoms with Gasteiger partial charge in [0.1, 0.15) is 23.3 Å². The van der Waals surface area contributed by atoms with Crippen molar-refractivity contribution in [1.82, 2.24) is 4.90 Å². The summed E-state index contributed by atoms with van der Waals surface area (Å²) in [7, 11) is 4.67. The van der Waals surface area contributed by atoms with E-state index >= 15 is 0 Å². The number of nitrogens with one attached hydrogen (secondary N) is 1. The number of methoxy groups -OCH3 is 3. The monoisotopic (exact) mass is 524 g/mol. The largest absolute Gasteiger partial charge is 0.497 e. The van der Waals surface area contributed by atoms with Crippen LogP contribution in [0.3, 0.4) is 0 Å². The maximum absolute atomic E-state index is 14.1. The van der Waals surface area contributed by atoms with Crippen LogP contribution in [0.2, 0.25) is 0 Å². The van der Waals surface area contributed by atoms with Gasteiger partial charge < -0.3 is 24.4 Å². The summed E-state index contributed by atoms with van der Waals surface area (Å²) in [4.78, 5) is 29.6. The molecule has 7 nitrogen and oxygen atoms in total. The number of amides is 2. The molecule has 0 bridgehead atoms. The topological polar surface area (TPSA) is 77.1 Å². The first-order valence-corrected chi connectivity index (χ1v) is 12.6. The minimum Gasteiger partial charge on any atom is -0.497 e. The van der Waals surface area contributed by atoms with Crippen LogP contribution < -0.4 is 19.5 Å². The van der Waals surface area contributed by atoms with E-state index in [1.807, 2.05) is 72.8 Å². The number of rotatable bonds is 11. The van der Waals surface area contributed by atoms with Crippen molar-refractivity contribution in [2.24, 2.45) is 0 Å². The Morgan fingerprint density at radius 3 is 1.90 bits per heavy atom. The van der Waals surface area contributed by atoms with Gasteiger partial charge in [0.15, 0.2) is 0 Å². The molecule has 0 aliphatic rings. The van der Waals surface area contributed by atoms with Gasteiger partial charge in [-0.1, -0.05) is 72.8 Å². The fraction of sp³-hybridized carbons (Fsp3) is 0.188. The number of nitrogens with zero attached hydrogens (tertiary/aromatic N) is 1. The third-order valence-corrected chi connectivity index (χ3v) is 6.37. The van der Waals surface area contributed by atoms with E-state index in [4.69, 9.17) is 14.2 Å². The summed E-state index contributed by atoms with van der Waals surface area (Å²) in [5.41, 5.74) is 2.90. The standard InChI is InChI=1S/C32H32N2O5/c1-37-26-16-14-25(15-17-26)31(32(36)33-28-19-18-27(38-2)21-29(28)39-3)34(22-24-12-8-5-9-13-24)30(35)20-23-10-6-4-7-11-23/h4-19,21,31H,20,22H2,1-3H3,(H,33,36). The Balaban J connectivity index is 1.75. The minimum absolute atomic E-state index is 0.152. The molecule has 4 rings (SSSR count). The van der Waals surface area contributed by atoms with Crippen LogP contribution in [0.15, 0.2) is 103 Å². The highest BCUT2D eigenvalue weighted by Gasteiger charge is 2.32. The predicted octanol–water partition coefficient (Wildman–Crippen LogP) is 5.66. The zero-order valence-corrected chi connectivity index (χ0v) is 22.3. The third-order valence-electron chi connectivity index (χ3n) is 6.37. The molecule has 1 atom stereocenters. The van der Waals surface area contributed by atoms with Crippen molar-refractivity contribution in [2.45, 2.75) is 19.0 Å². The summed E-state index contributed by atoms with van der Waals surface area (Å²) < 4.78 is 16.1. The summed E-state index contributed by atoms with van der Waals surface area (Å²) in [5, 5.41) is 2.98. The SMILES string of the molecule is COc1ccc(C(C(=O)Nc2ccc(OC)cc2OC)N(Cc2ccccc2)C(=O)Cc2ccccc2)cc1. The maximum atomic E-state index is 14.1. The molecule has 0 aliphatic heterocycles. The lowest BCUT2D eigenvalue weighted by atomic mass is 10.0. The van der Waals surface area contributed by atoms with Gasteiger partial charge in [-0.15, -0.1) is 0 Å². The van der Waals surface area contributed by atoms with E-state index in [-0.39, 0.29) is 24.8 Å². The van der Waals surface area contributed by atoms with E-state index in [0.29, 0.717) is 28.5 Å².